The first-order valence-corrected chi connectivity index (χ1v) is 7.67. The molecule has 1 atom stereocenters. The van der Waals surface area contributed by atoms with Gasteiger partial charge in [-0.15, -0.1) is 0 Å². The molecule has 0 saturated heterocycles. The highest BCUT2D eigenvalue weighted by molar-refractivity contribution is 9.09. The number of fused-ring (bicyclic) bond motifs is 1. The summed E-state index contributed by atoms with van der Waals surface area (Å²) in [5, 5.41) is 0. The maximum Gasteiger partial charge on any atom is 0.161 e. The number of halogens is 1. The standard InChI is InChI=1S/C17H17BrO2/c1-11-3-5-14(12(2)9-11)17(18)13-4-6-15-16(10-13)20-8-7-19-15/h3-6,9-10,17H,7-8H2,1-2H3. The Bertz CT molecular complexity index is 637. The third-order valence-corrected chi connectivity index (χ3v) is 4.58. The van der Waals surface area contributed by atoms with Crippen LogP contribution in [0.4, 0.5) is 0 Å². The zero-order chi connectivity index (χ0) is 14.1. The van der Waals surface area contributed by atoms with Gasteiger partial charge in [0.05, 0.1) is 4.83 Å². The number of benzene rings is 2. The lowest BCUT2D eigenvalue weighted by Gasteiger charge is -2.21. The molecule has 0 aliphatic carbocycles. The minimum atomic E-state index is 0.166. The van der Waals surface area contributed by atoms with E-state index in [0.29, 0.717) is 13.2 Å². The Morgan fingerprint density at radius 3 is 2.45 bits per heavy atom. The summed E-state index contributed by atoms with van der Waals surface area (Å²) < 4.78 is 11.2. The first-order valence-electron chi connectivity index (χ1n) is 6.76. The summed E-state index contributed by atoms with van der Waals surface area (Å²) in [6.45, 7) is 5.51. The van der Waals surface area contributed by atoms with Crippen molar-refractivity contribution in [3.05, 3.63) is 58.7 Å². The molecular weight excluding hydrogens is 316 g/mol. The first-order chi connectivity index (χ1) is 9.65. The van der Waals surface area contributed by atoms with Crippen LogP contribution >= 0.6 is 15.9 Å². The van der Waals surface area contributed by atoms with Crippen LogP contribution in [-0.2, 0) is 0 Å². The average molecular weight is 333 g/mol. The molecule has 2 aromatic rings. The highest BCUT2D eigenvalue weighted by atomic mass is 79.9. The highest BCUT2D eigenvalue weighted by Gasteiger charge is 2.17. The molecule has 0 fully saturated rings. The minimum absolute atomic E-state index is 0.166. The maximum atomic E-state index is 5.65. The van der Waals surface area contributed by atoms with Gasteiger partial charge in [-0.2, -0.15) is 0 Å². The monoisotopic (exact) mass is 332 g/mol. The molecule has 1 unspecified atom stereocenters. The quantitative estimate of drug-likeness (QED) is 0.750. The molecule has 0 N–H and O–H groups in total. The Kier molecular flexibility index (Phi) is 3.70. The van der Waals surface area contributed by atoms with E-state index in [1.165, 1.54) is 22.3 Å². The van der Waals surface area contributed by atoms with Crippen LogP contribution in [0, 0.1) is 13.8 Å². The van der Waals surface area contributed by atoms with Crippen molar-refractivity contribution in [2.24, 2.45) is 0 Å². The topological polar surface area (TPSA) is 18.5 Å². The molecule has 1 heterocycles. The normalized spacial score (nSPS) is 14.9. The Hall–Kier alpha value is -1.48. The minimum Gasteiger partial charge on any atom is -0.486 e. The number of alkyl halides is 1. The number of rotatable bonds is 2. The second-order valence-electron chi connectivity index (χ2n) is 5.13. The Labute approximate surface area is 127 Å². The number of aryl methyl sites for hydroxylation is 2. The van der Waals surface area contributed by atoms with Gasteiger partial charge in [0.2, 0.25) is 0 Å². The molecule has 1 aliphatic rings. The smallest absolute Gasteiger partial charge is 0.161 e. The zero-order valence-electron chi connectivity index (χ0n) is 11.7. The van der Waals surface area contributed by atoms with Crippen molar-refractivity contribution >= 4 is 15.9 Å². The zero-order valence-corrected chi connectivity index (χ0v) is 13.2. The van der Waals surface area contributed by atoms with Crippen LogP contribution in [0.1, 0.15) is 27.1 Å². The van der Waals surface area contributed by atoms with Gasteiger partial charge in [-0.1, -0.05) is 45.8 Å². The molecule has 1 aliphatic heterocycles. The lowest BCUT2D eigenvalue weighted by atomic mass is 9.98. The lowest BCUT2D eigenvalue weighted by Crippen LogP contribution is -2.15. The van der Waals surface area contributed by atoms with Crippen molar-refractivity contribution in [3.63, 3.8) is 0 Å². The summed E-state index contributed by atoms with van der Waals surface area (Å²) in [7, 11) is 0. The Morgan fingerprint density at radius 1 is 0.950 bits per heavy atom. The Morgan fingerprint density at radius 2 is 1.70 bits per heavy atom. The van der Waals surface area contributed by atoms with E-state index in [4.69, 9.17) is 9.47 Å². The number of hydrogen-bond acceptors (Lipinski definition) is 2. The van der Waals surface area contributed by atoms with Crippen LogP contribution in [0.25, 0.3) is 0 Å². The van der Waals surface area contributed by atoms with Gasteiger partial charge in [0, 0.05) is 0 Å². The van der Waals surface area contributed by atoms with E-state index < -0.39 is 0 Å². The van der Waals surface area contributed by atoms with Gasteiger partial charge < -0.3 is 9.47 Å². The maximum absolute atomic E-state index is 5.65. The van der Waals surface area contributed by atoms with Gasteiger partial charge >= 0.3 is 0 Å². The molecule has 0 spiro atoms. The van der Waals surface area contributed by atoms with Gasteiger partial charge in [-0.25, -0.2) is 0 Å². The second kappa shape index (κ2) is 5.49. The summed E-state index contributed by atoms with van der Waals surface area (Å²) in [6.07, 6.45) is 0. The summed E-state index contributed by atoms with van der Waals surface area (Å²) in [5.41, 5.74) is 5.04. The van der Waals surface area contributed by atoms with Crippen LogP contribution in [0.3, 0.4) is 0 Å². The molecule has 2 nitrogen and oxygen atoms in total. The molecule has 3 rings (SSSR count). The van der Waals surface area contributed by atoms with Crippen LogP contribution < -0.4 is 9.47 Å². The van der Waals surface area contributed by atoms with Crippen molar-refractivity contribution in [2.75, 3.05) is 13.2 Å². The third-order valence-electron chi connectivity index (χ3n) is 3.56. The molecule has 104 valence electrons. The lowest BCUT2D eigenvalue weighted by molar-refractivity contribution is 0.171. The fourth-order valence-corrected chi connectivity index (χ4v) is 3.31. The summed E-state index contributed by atoms with van der Waals surface area (Å²) >= 11 is 3.80. The average Bonchev–Trinajstić information content (AvgIpc) is 2.46. The predicted octanol–water partition coefficient (Wildman–Crippen LogP) is 4.56. The van der Waals surface area contributed by atoms with Gasteiger partial charge in [-0.05, 0) is 42.7 Å². The van der Waals surface area contributed by atoms with Gasteiger partial charge in [-0.3, -0.25) is 0 Å². The fraction of sp³-hybridized carbons (Fsp3) is 0.294. The molecule has 0 saturated carbocycles. The van der Waals surface area contributed by atoms with Crippen LogP contribution in [0.15, 0.2) is 36.4 Å². The molecule has 3 heteroatoms. The van der Waals surface area contributed by atoms with Crippen molar-refractivity contribution in [2.45, 2.75) is 18.7 Å². The summed E-state index contributed by atoms with van der Waals surface area (Å²) in [6, 6.07) is 12.7. The molecule has 0 radical (unpaired) electrons. The van der Waals surface area contributed by atoms with Crippen LogP contribution in [0.5, 0.6) is 11.5 Å². The van der Waals surface area contributed by atoms with Crippen LogP contribution in [-0.4, -0.2) is 13.2 Å². The van der Waals surface area contributed by atoms with E-state index >= 15 is 0 Å². The van der Waals surface area contributed by atoms with E-state index in [1.807, 2.05) is 6.07 Å². The number of ether oxygens (including phenoxy) is 2. The molecule has 20 heavy (non-hydrogen) atoms. The SMILES string of the molecule is Cc1ccc(C(Br)c2ccc3c(c2)OCCO3)c(C)c1. The Balaban J connectivity index is 1.95. The molecule has 0 amide bonds. The van der Waals surface area contributed by atoms with Gasteiger partial charge in [0.25, 0.3) is 0 Å². The van der Waals surface area contributed by atoms with Crippen LogP contribution in [0.2, 0.25) is 0 Å². The predicted molar refractivity (Wildman–Crippen MR) is 84.1 cm³/mol. The second-order valence-corrected chi connectivity index (χ2v) is 6.04. The highest BCUT2D eigenvalue weighted by Crippen LogP contribution is 2.38. The van der Waals surface area contributed by atoms with E-state index in [9.17, 15) is 0 Å². The van der Waals surface area contributed by atoms with Gasteiger partial charge in [0.1, 0.15) is 13.2 Å². The van der Waals surface area contributed by atoms with Crippen molar-refractivity contribution in [3.8, 4) is 11.5 Å². The molecule has 0 aromatic heterocycles. The third kappa shape index (κ3) is 2.55. The van der Waals surface area contributed by atoms with Crippen molar-refractivity contribution in [1.82, 2.24) is 0 Å². The molecule has 2 aromatic carbocycles. The van der Waals surface area contributed by atoms with E-state index in [0.717, 1.165) is 11.5 Å². The van der Waals surface area contributed by atoms with Gasteiger partial charge in [0.15, 0.2) is 11.5 Å². The van der Waals surface area contributed by atoms with E-state index in [-0.39, 0.29) is 4.83 Å². The summed E-state index contributed by atoms with van der Waals surface area (Å²) in [4.78, 5) is 0.166. The molecule has 0 bridgehead atoms. The first kappa shape index (κ1) is 13.5. The molecular formula is C17H17BrO2. The van der Waals surface area contributed by atoms with E-state index in [2.05, 4.69) is 60.1 Å². The number of hydrogen-bond donors (Lipinski definition) is 0. The fourth-order valence-electron chi connectivity index (χ4n) is 2.51. The van der Waals surface area contributed by atoms with Crippen molar-refractivity contribution < 1.29 is 9.47 Å². The van der Waals surface area contributed by atoms with E-state index in [1.54, 1.807) is 0 Å². The largest absolute Gasteiger partial charge is 0.486 e. The van der Waals surface area contributed by atoms with Crippen molar-refractivity contribution in [1.29, 1.82) is 0 Å². The summed E-state index contributed by atoms with van der Waals surface area (Å²) in [5.74, 6) is 1.67.